The van der Waals surface area contributed by atoms with Crippen LogP contribution in [0.15, 0.2) is 12.5 Å². The van der Waals surface area contributed by atoms with Crippen LogP contribution >= 0.6 is 0 Å². The quantitative estimate of drug-likeness (QED) is 0.816. The maximum atomic E-state index is 4.34. The summed E-state index contributed by atoms with van der Waals surface area (Å²) in [6.45, 7) is 6.39. The highest BCUT2D eigenvalue weighted by Crippen LogP contribution is 2.26. The molecule has 0 atom stereocenters. The lowest BCUT2D eigenvalue weighted by Crippen LogP contribution is -2.01. The van der Waals surface area contributed by atoms with Gasteiger partial charge in [-0.15, -0.1) is 0 Å². The van der Waals surface area contributed by atoms with E-state index in [1.807, 2.05) is 7.05 Å². The molecule has 4 nitrogen and oxygen atoms in total. The third-order valence-corrected chi connectivity index (χ3v) is 2.59. The molecule has 0 radical (unpaired) electrons. The summed E-state index contributed by atoms with van der Waals surface area (Å²) in [5.41, 5.74) is 2.21. The molecule has 0 aliphatic carbocycles. The largest absolute Gasteiger partial charge is 0.372 e. The minimum absolute atomic E-state index is 0.417. The van der Waals surface area contributed by atoms with Crippen LogP contribution in [-0.2, 0) is 0 Å². The maximum Gasteiger partial charge on any atom is 0.145 e. The van der Waals surface area contributed by atoms with Gasteiger partial charge >= 0.3 is 0 Å². The molecule has 0 bridgehead atoms. The fraction of sp³-hybridized carbons (Fsp3) is 0.455. The minimum atomic E-state index is 0.417. The highest BCUT2D eigenvalue weighted by atomic mass is 15.1. The third-order valence-electron chi connectivity index (χ3n) is 2.59. The Labute approximate surface area is 89.3 Å². The fourth-order valence-electron chi connectivity index (χ4n) is 1.85. The number of aryl methyl sites for hydroxylation is 1. The first-order chi connectivity index (χ1) is 7.15. The molecule has 0 aromatic carbocycles. The second-order valence-electron chi connectivity index (χ2n) is 3.98. The van der Waals surface area contributed by atoms with E-state index >= 15 is 0 Å². The Balaban J connectivity index is 2.79. The predicted octanol–water partition coefficient (Wildman–Crippen LogP) is 2.36. The average molecular weight is 204 g/mol. The maximum absolute atomic E-state index is 4.34. The van der Waals surface area contributed by atoms with Crippen molar-refractivity contribution in [2.45, 2.75) is 26.8 Å². The number of hydrogen-bond acceptors (Lipinski definition) is 3. The van der Waals surface area contributed by atoms with E-state index in [9.17, 15) is 0 Å². The summed E-state index contributed by atoms with van der Waals surface area (Å²) in [7, 11) is 1.88. The van der Waals surface area contributed by atoms with E-state index < -0.39 is 0 Å². The van der Waals surface area contributed by atoms with Crippen LogP contribution in [0, 0.1) is 6.92 Å². The number of nitrogens with zero attached hydrogens (tertiary/aromatic N) is 3. The number of rotatable bonds is 2. The number of fused-ring (bicyclic) bond motifs is 1. The lowest BCUT2D eigenvalue weighted by molar-refractivity contribution is 0.616. The minimum Gasteiger partial charge on any atom is -0.372 e. The second-order valence-corrected chi connectivity index (χ2v) is 3.98. The number of aromatic nitrogens is 3. The van der Waals surface area contributed by atoms with Crippen LogP contribution < -0.4 is 5.32 Å². The van der Waals surface area contributed by atoms with Crippen LogP contribution in [0.3, 0.4) is 0 Å². The van der Waals surface area contributed by atoms with Crippen LogP contribution in [-0.4, -0.2) is 21.6 Å². The Morgan fingerprint density at radius 1 is 1.33 bits per heavy atom. The second kappa shape index (κ2) is 3.53. The van der Waals surface area contributed by atoms with E-state index in [0.717, 1.165) is 16.9 Å². The zero-order chi connectivity index (χ0) is 11.0. The van der Waals surface area contributed by atoms with Gasteiger partial charge in [0.1, 0.15) is 17.8 Å². The predicted molar refractivity (Wildman–Crippen MR) is 62.2 cm³/mol. The summed E-state index contributed by atoms with van der Waals surface area (Å²) in [6, 6.07) is 0.417. The zero-order valence-electron chi connectivity index (χ0n) is 9.57. The van der Waals surface area contributed by atoms with Gasteiger partial charge in [-0.2, -0.15) is 0 Å². The van der Waals surface area contributed by atoms with E-state index in [0.29, 0.717) is 6.04 Å². The van der Waals surface area contributed by atoms with Crippen LogP contribution in [0.1, 0.15) is 25.5 Å². The molecule has 0 unspecified atom stereocenters. The van der Waals surface area contributed by atoms with Crippen LogP contribution in [0.5, 0.6) is 0 Å². The van der Waals surface area contributed by atoms with E-state index in [1.165, 1.54) is 5.56 Å². The van der Waals surface area contributed by atoms with Gasteiger partial charge in [-0.25, -0.2) is 9.97 Å². The molecule has 2 rings (SSSR count). The molecule has 0 aliphatic rings. The Morgan fingerprint density at radius 2 is 2.07 bits per heavy atom. The molecule has 2 aromatic rings. The molecule has 15 heavy (non-hydrogen) atoms. The monoisotopic (exact) mass is 204 g/mol. The van der Waals surface area contributed by atoms with E-state index in [2.05, 4.69) is 46.8 Å². The van der Waals surface area contributed by atoms with Gasteiger partial charge in [-0.1, -0.05) is 0 Å². The van der Waals surface area contributed by atoms with Crippen LogP contribution in [0.4, 0.5) is 5.82 Å². The molecular formula is C11H16N4. The summed E-state index contributed by atoms with van der Waals surface area (Å²) in [5, 5.41) is 4.22. The molecule has 1 N–H and O–H groups in total. The van der Waals surface area contributed by atoms with Crippen molar-refractivity contribution in [2.24, 2.45) is 0 Å². The first kappa shape index (κ1) is 9.96. The summed E-state index contributed by atoms with van der Waals surface area (Å²) in [6.07, 6.45) is 3.73. The molecule has 0 amide bonds. The molecule has 0 saturated carbocycles. The van der Waals surface area contributed by atoms with Crippen molar-refractivity contribution in [1.82, 2.24) is 14.5 Å². The van der Waals surface area contributed by atoms with Crippen molar-refractivity contribution in [3.05, 3.63) is 18.1 Å². The lowest BCUT2D eigenvalue weighted by atomic mass is 10.2. The molecule has 80 valence electrons. The molecule has 2 heterocycles. The van der Waals surface area contributed by atoms with Gasteiger partial charge in [0.2, 0.25) is 0 Å². The SMILES string of the molecule is CNc1ncnc2c1c(C)cn2C(C)C. The topological polar surface area (TPSA) is 42.7 Å². The summed E-state index contributed by atoms with van der Waals surface area (Å²) >= 11 is 0. The van der Waals surface area contributed by atoms with Gasteiger partial charge in [0.15, 0.2) is 0 Å². The van der Waals surface area contributed by atoms with Gasteiger partial charge in [0.25, 0.3) is 0 Å². The Hall–Kier alpha value is -1.58. The lowest BCUT2D eigenvalue weighted by Gasteiger charge is -2.08. The van der Waals surface area contributed by atoms with E-state index in [-0.39, 0.29) is 0 Å². The van der Waals surface area contributed by atoms with Gasteiger partial charge in [0, 0.05) is 19.3 Å². The van der Waals surface area contributed by atoms with Gasteiger partial charge < -0.3 is 9.88 Å². The highest BCUT2D eigenvalue weighted by molar-refractivity contribution is 5.90. The molecular weight excluding hydrogens is 188 g/mol. The first-order valence-corrected chi connectivity index (χ1v) is 5.15. The highest BCUT2D eigenvalue weighted by Gasteiger charge is 2.12. The Morgan fingerprint density at radius 3 is 2.67 bits per heavy atom. The molecule has 0 saturated heterocycles. The van der Waals surface area contributed by atoms with Gasteiger partial charge in [0.05, 0.1) is 5.39 Å². The Bertz CT molecular complexity index is 485. The third kappa shape index (κ3) is 1.46. The average Bonchev–Trinajstić information content (AvgIpc) is 2.56. The molecule has 0 aliphatic heterocycles. The van der Waals surface area contributed by atoms with Gasteiger partial charge in [-0.3, -0.25) is 0 Å². The van der Waals surface area contributed by atoms with Crippen LogP contribution in [0.25, 0.3) is 11.0 Å². The van der Waals surface area contributed by atoms with Crippen LogP contribution in [0.2, 0.25) is 0 Å². The van der Waals surface area contributed by atoms with Crippen molar-refractivity contribution >= 4 is 16.9 Å². The van der Waals surface area contributed by atoms with Crippen molar-refractivity contribution in [2.75, 3.05) is 12.4 Å². The van der Waals surface area contributed by atoms with Crippen molar-refractivity contribution in [1.29, 1.82) is 0 Å². The van der Waals surface area contributed by atoms with Gasteiger partial charge in [-0.05, 0) is 26.3 Å². The van der Waals surface area contributed by atoms with Crippen molar-refractivity contribution < 1.29 is 0 Å². The summed E-state index contributed by atoms with van der Waals surface area (Å²) < 4.78 is 2.17. The van der Waals surface area contributed by atoms with Crippen molar-refractivity contribution in [3.8, 4) is 0 Å². The summed E-state index contributed by atoms with van der Waals surface area (Å²) in [4.78, 5) is 8.57. The zero-order valence-corrected chi connectivity index (χ0v) is 9.57. The normalized spacial score (nSPS) is 11.3. The number of hydrogen-bond donors (Lipinski definition) is 1. The molecule has 2 aromatic heterocycles. The van der Waals surface area contributed by atoms with Crippen molar-refractivity contribution in [3.63, 3.8) is 0 Å². The van der Waals surface area contributed by atoms with E-state index in [1.54, 1.807) is 6.33 Å². The first-order valence-electron chi connectivity index (χ1n) is 5.15. The molecule has 0 spiro atoms. The fourth-order valence-corrected chi connectivity index (χ4v) is 1.85. The smallest absolute Gasteiger partial charge is 0.145 e. The Kier molecular flexibility index (Phi) is 2.34. The molecule has 4 heteroatoms. The number of nitrogens with one attached hydrogen (secondary N) is 1. The van der Waals surface area contributed by atoms with E-state index in [4.69, 9.17) is 0 Å². The summed E-state index contributed by atoms with van der Waals surface area (Å²) in [5.74, 6) is 0.900. The number of anilines is 1. The molecule has 0 fully saturated rings. The standard InChI is InChI=1S/C11H16N4/c1-7(2)15-5-8(3)9-10(12-4)13-6-14-11(9)15/h5-7H,1-4H3,(H,12,13,14).